The molecule has 9 nitrogen and oxygen atoms in total. The van der Waals surface area contributed by atoms with Gasteiger partial charge in [-0.15, -0.1) is 0 Å². The van der Waals surface area contributed by atoms with Gasteiger partial charge in [0.05, 0.1) is 12.8 Å². The highest BCUT2D eigenvalue weighted by molar-refractivity contribution is 5.94. The Morgan fingerprint density at radius 2 is 1.86 bits per heavy atom. The lowest BCUT2D eigenvalue weighted by molar-refractivity contribution is -0.0999. The SMILES string of the molecule is O=C(NN=C[C@@H](O)[C@@H](O)[C@H](O)[C@H](O)CO)c1ccncc1. The first-order valence-corrected chi connectivity index (χ1v) is 6.04. The van der Waals surface area contributed by atoms with E-state index >= 15 is 0 Å². The van der Waals surface area contributed by atoms with Gasteiger partial charge in [-0.25, -0.2) is 5.43 Å². The van der Waals surface area contributed by atoms with Crippen LogP contribution in [0.1, 0.15) is 10.4 Å². The Balaban J connectivity index is 2.51. The number of nitrogens with one attached hydrogen (secondary N) is 1. The number of hydrazone groups is 1. The zero-order chi connectivity index (χ0) is 15.8. The van der Waals surface area contributed by atoms with Gasteiger partial charge >= 0.3 is 0 Å². The van der Waals surface area contributed by atoms with Crippen LogP contribution in [-0.2, 0) is 0 Å². The third-order valence-electron chi connectivity index (χ3n) is 2.62. The van der Waals surface area contributed by atoms with E-state index in [0.717, 1.165) is 6.21 Å². The summed E-state index contributed by atoms with van der Waals surface area (Å²) in [4.78, 5) is 15.3. The largest absolute Gasteiger partial charge is 0.394 e. The van der Waals surface area contributed by atoms with Crippen LogP contribution in [0.25, 0.3) is 0 Å². The van der Waals surface area contributed by atoms with Crippen LogP contribution in [0, 0.1) is 0 Å². The van der Waals surface area contributed by atoms with E-state index in [0.29, 0.717) is 5.56 Å². The number of aliphatic hydroxyl groups excluding tert-OH is 5. The van der Waals surface area contributed by atoms with Crippen molar-refractivity contribution in [1.29, 1.82) is 0 Å². The standard InChI is InChI=1S/C12H17N3O6/c16-6-9(18)11(20)10(19)8(17)5-14-15-12(21)7-1-3-13-4-2-7/h1-5,8-11,16-20H,6H2,(H,15,21)/t8-,9-,10-,11-/m1/s1. The van der Waals surface area contributed by atoms with E-state index in [4.69, 9.17) is 10.2 Å². The smallest absolute Gasteiger partial charge is 0.271 e. The molecule has 0 unspecified atom stereocenters. The molecule has 1 heterocycles. The molecule has 0 aromatic carbocycles. The number of carbonyl (C=O) groups is 1. The number of nitrogens with zero attached hydrogens (tertiary/aromatic N) is 2. The number of amides is 1. The number of pyridine rings is 1. The van der Waals surface area contributed by atoms with Crippen molar-refractivity contribution in [2.75, 3.05) is 6.61 Å². The highest BCUT2D eigenvalue weighted by Crippen LogP contribution is 2.03. The summed E-state index contributed by atoms with van der Waals surface area (Å²) in [6.45, 7) is -0.777. The van der Waals surface area contributed by atoms with Gasteiger partial charge in [0.25, 0.3) is 5.91 Å². The molecule has 0 fully saturated rings. The molecule has 1 aromatic heterocycles. The van der Waals surface area contributed by atoms with E-state index in [9.17, 15) is 20.1 Å². The lowest BCUT2D eigenvalue weighted by Crippen LogP contribution is -2.46. The molecule has 9 heteroatoms. The predicted octanol–water partition coefficient (Wildman–Crippen LogP) is -2.77. The van der Waals surface area contributed by atoms with Crippen LogP contribution < -0.4 is 5.43 Å². The molecule has 0 aliphatic rings. The van der Waals surface area contributed by atoms with Crippen LogP contribution in [0.15, 0.2) is 29.6 Å². The molecule has 0 aliphatic heterocycles. The minimum Gasteiger partial charge on any atom is -0.394 e. The summed E-state index contributed by atoms with van der Waals surface area (Å²) in [5.41, 5.74) is 2.40. The number of carbonyl (C=O) groups excluding carboxylic acids is 1. The number of hydrogen-bond acceptors (Lipinski definition) is 8. The van der Waals surface area contributed by atoms with Crippen LogP contribution >= 0.6 is 0 Å². The van der Waals surface area contributed by atoms with Gasteiger partial charge < -0.3 is 25.5 Å². The molecule has 0 spiro atoms. The maximum Gasteiger partial charge on any atom is 0.271 e. The first kappa shape index (κ1) is 17.1. The van der Waals surface area contributed by atoms with Gasteiger partial charge in [-0.1, -0.05) is 0 Å². The Bertz CT molecular complexity index is 469. The van der Waals surface area contributed by atoms with Crippen LogP contribution in [0.5, 0.6) is 0 Å². The van der Waals surface area contributed by atoms with Crippen molar-refractivity contribution < 1.29 is 30.3 Å². The molecular weight excluding hydrogens is 282 g/mol. The van der Waals surface area contributed by atoms with E-state index in [1.165, 1.54) is 24.5 Å². The van der Waals surface area contributed by atoms with Crippen molar-refractivity contribution in [1.82, 2.24) is 10.4 Å². The van der Waals surface area contributed by atoms with Gasteiger partial charge in [-0.05, 0) is 12.1 Å². The van der Waals surface area contributed by atoms with Crippen molar-refractivity contribution in [3.63, 3.8) is 0 Å². The third kappa shape index (κ3) is 5.17. The summed E-state index contributed by atoms with van der Waals surface area (Å²) in [5.74, 6) is -0.550. The zero-order valence-electron chi connectivity index (χ0n) is 10.9. The maximum atomic E-state index is 11.6. The van der Waals surface area contributed by atoms with Gasteiger partial charge in [-0.2, -0.15) is 5.10 Å². The predicted molar refractivity (Wildman–Crippen MR) is 71.3 cm³/mol. The van der Waals surface area contributed by atoms with E-state index in [1.54, 1.807) is 0 Å². The maximum absolute atomic E-state index is 11.6. The Kier molecular flexibility index (Phi) is 6.85. The van der Waals surface area contributed by atoms with Gasteiger partial charge in [0.15, 0.2) is 0 Å². The van der Waals surface area contributed by atoms with E-state index in [1.807, 2.05) is 0 Å². The van der Waals surface area contributed by atoms with Gasteiger partial charge in [0.2, 0.25) is 0 Å². The summed E-state index contributed by atoms with van der Waals surface area (Å²) in [6, 6.07) is 2.91. The lowest BCUT2D eigenvalue weighted by Gasteiger charge is -2.23. The summed E-state index contributed by atoms with van der Waals surface area (Å²) in [5, 5.41) is 49.5. The molecule has 1 aromatic rings. The zero-order valence-corrected chi connectivity index (χ0v) is 10.9. The summed E-state index contributed by atoms with van der Waals surface area (Å²) in [6.07, 6.45) is -3.14. The van der Waals surface area contributed by atoms with E-state index in [2.05, 4.69) is 15.5 Å². The van der Waals surface area contributed by atoms with Crippen molar-refractivity contribution in [2.24, 2.45) is 5.10 Å². The van der Waals surface area contributed by atoms with Crippen molar-refractivity contribution in [3.05, 3.63) is 30.1 Å². The number of aliphatic hydroxyl groups is 5. The fourth-order valence-electron chi connectivity index (χ4n) is 1.37. The van der Waals surface area contributed by atoms with Gasteiger partial charge in [0.1, 0.15) is 24.4 Å². The number of hydrogen-bond donors (Lipinski definition) is 6. The molecular formula is C12H17N3O6. The van der Waals surface area contributed by atoms with Crippen LogP contribution in [0.4, 0.5) is 0 Å². The van der Waals surface area contributed by atoms with E-state index in [-0.39, 0.29) is 0 Å². The second-order valence-electron chi connectivity index (χ2n) is 4.18. The fraction of sp³-hybridized carbons (Fsp3) is 0.417. The lowest BCUT2D eigenvalue weighted by atomic mass is 10.0. The molecule has 0 radical (unpaired) electrons. The number of rotatable bonds is 7. The quantitative estimate of drug-likeness (QED) is 0.235. The molecule has 0 bridgehead atoms. The second-order valence-corrected chi connectivity index (χ2v) is 4.18. The monoisotopic (exact) mass is 299 g/mol. The molecule has 1 amide bonds. The normalized spacial score (nSPS) is 17.2. The highest BCUT2D eigenvalue weighted by Gasteiger charge is 2.29. The van der Waals surface area contributed by atoms with E-state index < -0.39 is 36.9 Å². The highest BCUT2D eigenvalue weighted by atomic mass is 16.4. The molecule has 0 aliphatic carbocycles. The Morgan fingerprint density at radius 3 is 2.43 bits per heavy atom. The molecule has 21 heavy (non-hydrogen) atoms. The molecule has 1 rings (SSSR count). The number of aromatic nitrogens is 1. The van der Waals surface area contributed by atoms with Crippen LogP contribution in [0.3, 0.4) is 0 Å². The van der Waals surface area contributed by atoms with Crippen molar-refractivity contribution in [3.8, 4) is 0 Å². The topological polar surface area (TPSA) is 156 Å². The molecule has 0 saturated heterocycles. The average Bonchev–Trinajstić information content (AvgIpc) is 2.53. The van der Waals surface area contributed by atoms with Crippen LogP contribution in [0.2, 0.25) is 0 Å². The molecule has 4 atom stereocenters. The Morgan fingerprint density at radius 1 is 1.24 bits per heavy atom. The van der Waals surface area contributed by atoms with Crippen molar-refractivity contribution in [2.45, 2.75) is 24.4 Å². The first-order chi connectivity index (χ1) is 9.97. The first-order valence-electron chi connectivity index (χ1n) is 6.04. The minimum atomic E-state index is -1.77. The minimum absolute atomic E-state index is 0.299. The molecule has 0 saturated carbocycles. The second kappa shape index (κ2) is 8.39. The molecule has 116 valence electrons. The van der Waals surface area contributed by atoms with Gasteiger partial charge in [-0.3, -0.25) is 9.78 Å². The average molecular weight is 299 g/mol. The van der Waals surface area contributed by atoms with Crippen LogP contribution in [-0.4, -0.2) is 73.7 Å². The Hall–Kier alpha value is -1.91. The summed E-state index contributed by atoms with van der Waals surface area (Å²) >= 11 is 0. The summed E-state index contributed by atoms with van der Waals surface area (Å²) in [7, 11) is 0. The third-order valence-corrected chi connectivity index (χ3v) is 2.62. The van der Waals surface area contributed by atoms with Gasteiger partial charge in [0, 0.05) is 18.0 Å². The van der Waals surface area contributed by atoms with Crippen molar-refractivity contribution >= 4 is 12.1 Å². The molecule has 6 N–H and O–H groups in total. The fourth-order valence-corrected chi connectivity index (χ4v) is 1.37. The Labute approximate surface area is 120 Å². The summed E-state index contributed by atoms with van der Waals surface area (Å²) < 4.78 is 0.